The summed E-state index contributed by atoms with van der Waals surface area (Å²) in [4.78, 5) is 45.9. The average Bonchev–Trinajstić information content (AvgIpc) is 3.64. The molecule has 1 aliphatic rings. The van der Waals surface area contributed by atoms with Crippen LogP contribution in [0.25, 0.3) is 22.3 Å². The standard InChI is InChI=1S/C36H30O10.C17H13NO3/c1-4-34(37)44-21-41-25-8-6-24(7-9-25)36(39)46-29-15-17-31-30-16-14-28(18-32(30)23(3)33(31)19-29)43-20-40-26-10-12-27(13-11-26)42-22-45-35(38)5-2;1-2-17(19)21-12-20-16-9-7-15(8-10-16)14-5-3-13(11-18)4-6-14/h4-19,23H,1-2,20-22H2,3H3;2-10H,1,12H2. The molecule has 1 aliphatic carbocycles. The molecular formula is C53H43NO13. The molecule has 0 bridgehead atoms. The lowest BCUT2D eigenvalue weighted by atomic mass is 9.99. The second kappa shape index (κ2) is 23.6. The van der Waals surface area contributed by atoms with E-state index in [2.05, 4.69) is 32.7 Å². The third kappa shape index (κ3) is 13.5. The zero-order valence-corrected chi connectivity index (χ0v) is 36.2. The maximum atomic E-state index is 12.8. The van der Waals surface area contributed by atoms with Crippen LogP contribution >= 0.6 is 0 Å². The summed E-state index contributed by atoms with van der Waals surface area (Å²) >= 11 is 0. The van der Waals surface area contributed by atoms with E-state index in [1.807, 2.05) is 54.6 Å². The molecule has 14 nitrogen and oxygen atoms in total. The number of carbonyl (C=O) groups excluding carboxylic acids is 4. The van der Waals surface area contributed by atoms with Crippen LogP contribution in [-0.4, -0.2) is 51.0 Å². The number of benzene rings is 6. The summed E-state index contributed by atoms with van der Waals surface area (Å²) in [6, 6.07) is 41.4. The Kier molecular flexibility index (Phi) is 16.7. The predicted molar refractivity (Wildman–Crippen MR) is 245 cm³/mol. The van der Waals surface area contributed by atoms with Crippen molar-refractivity contribution >= 4 is 23.9 Å². The van der Waals surface area contributed by atoms with Gasteiger partial charge >= 0.3 is 23.9 Å². The maximum absolute atomic E-state index is 12.8. The Bertz CT molecular complexity index is 2760. The molecular weight excluding hydrogens is 859 g/mol. The number of carbonyl (C=O) groups is 4. The number of hydrogen-bond acceptors (Lipinski definition) is 14. The largest absolute Gasteiger partial charge is 0.457 e. The van der Waals surface area contributed by atoms with E-state index in [4.69, 9.17) is 47.9 Å². The Hall–Kier alpha value is -9.09. The van der Waals surface area contributed by atoms with Gasteiger partial charge in [0.1, 0.15) is 34.5 Å². The fourth-order valence-corrected chi connectivity index (χ4v) is 6.38. The van der Waals surface area contributed by atoms with Crippen molar-refractivity contribution < 1.29 is 61.8 Å². The maximum Gasteiger partial charge on any atom is 0.343 e. The molecule has 67 heavy (non-hydrogen) atoms. The van der Waals surface area contributed by atoms with E-state index >= 15 is 0 Å². The minimum atomic E-state index is -0.592. The van der Waals surface area contributed by atoms with Crippen LogP contribution in [0.5, 0.6) is 34.5 Å². The second-order valence-corrected chi connectivity index (χ2v) is 14.0. The molecule has 0 aromatic heterocycles. The highest BCUT2D eigenvalue weighted by atomic mass is 16.7. The fraction of sp³-hybridized carbons (Fsp3) is 0.113. The number of esters is 4. The number of nitrogens with zero attached hydrogens (tertiary/aromatic N) is 1. The SMILES string of the molecule is C=CC(=O)OCOc1ccc(-c2ccc(C#N)cc2)cc1.C=CC(=O)OCOc1ccc(OCOc2ccc3c(c2)C(C)c2cc(OC(=O)c4ccc(OCOC(=O)C=C)cc4)ccc2-3)cc1. The van der Waals surface area contributed by atoms with Crippen LogP contribution in [0.1, 0.15) is 39.9 Å². The lowest BCUT2D eigenvalue weighted by Crippen LogP contribution is -2.10. The first-order valence-corrected chi connectivity index (χ1v) is 20.4. The van der Waals surface area contributed by atoms with Crippen LogP contribution in [0.2, 0.25) is 0 Å². The summed E-state index contributed by atoms with van der Waals surface area (Å²) in [7, 11) is 0. The Balaban J connectivity index is 0.000000294. The lowest BCUT2D eigenvalue weighted by molar-refractivity contribution is -0.145. The first-order valence-electron chi connectivity index (χ1n) is 20.4. The van der Waals surface area contributed by atoms with Gasteiger partial charge in [-0.15, -0.1) is 0 Å². The van der Waals surface area contributed by atoms with Crippen molar-refractivity contribution in [1.29, 1.82) is 5.26 Å². The van der Waals surface area contributed by atoms with Gasteiger partial charge in [-0.3, -0.25) is 0 Å². The minimum absolute atomic E-state index is 0.00671. The normalized spacial score (nSPS) is 11.6. The highest BCUT2D eigenvalue weighted by Crippen LogP contribution is 2.47. The number of fused-ring (bicyclic) bond motifs is 3. The van der Waals surface area contributed by atoms with Crippen LogP contribution in [0, 0.1) is 11.3 Å². The fourth-order valence-electron chi connectivity index (χ4n) is 6.38. The number of rotatable bonds is 19. The molecule has 1 unspecified atom stereocenters. The monoisotopic (exact) mass is 901 g/mol. The Labute approximate surface area is 386 Å². The molecule has 0 saturated heterocycles. The molecule has 14 heteroatoms. The van der Waals surface area contributed by atoms with E-state index in [-0.39, 0.29) is 33.1 Å². The summed E-state index contributed by atoms with van der Waals surface area (Å²) < 4.78 is 47.5. The van der Waals surface area contributed by atoms with Crippen LogP contribution in [0.4, 0.5) is 0 Å². The summed E-state index contributed by atoms with van der Waals surface area (Å²) in [6.07, 6.45) is 3.19. The Morgan fingerprint density at radius 2 is 0.851 bits per heavy atom. The Morgan fingerprint density at radius 1 is 0.493 bits per heavy atom. The zero-order valence-electron chi connectivity index (χ0n) is 36.2. The van der Waals surface area contributed by atoms with Gasteiger partial charge in [0.15, 0.2) is 0 Å². The molecule has 0 amide bonds. The van der Waals surface area contributed by atoms with Crippen LogP contribution in [0.3, 0.4) is 0 Å². The zero-order chi connectivity index (χ0) is 47.5. The number of ether oxygens (including phenoxy) is 9. The van der Waals surface area contributed by atoms with E-state index in [0.717, 1.165) is 51.6 Å². The molecule has 6 aromatic carbocycles. The molecule has 0 fully saturated rings. The average molecular weight is 902 g/mol. The summed E-state index contributed by atoms with van der Waals surface area (Å²) in [5, 5.41) is 8.77. The summed E-state index contributed by atoms with van der Waals surface area (Å²) in [6.45, 7) is 11.4. The van der Waals surface area contributed by atoms with Gasteiger partial charge in [0.2, 0.25) is 27.2 Å². The number of nitriles is 1. The van der Waals surface area contributed by atoms with Gasteiger partial charge in [0.25, 0.3) is 0 Å². The second-order valence-electron chi connectivity index (χ2n) is 14.0. The van der Waals surface area contributed by atoms with E-state index < -0.39 is 23.9 Å². The summed E-state index contributed by atoms with van der Waals surface area (Å²) in [5.41, 5.74) is 7.25. The van der Waals surface area contributed by atoms with Crippen molar-refractivity contribution in [2.75, 3.05) is 27.2 Å². The molecule has 7 rings (SSSR count). The highest BCUT2D eigenvalue weighted by Gasteiger charge is 2.27. The van der Waals surface area contributed by atoms with Gasteiger partial charge in [-0.05, 0) is 130 Å². The smallest absolute Gasteiger partial charge is 0.343 e. The van der Waals surface area contributed by atoms with Gasteiger partial charge in [-0.25, -0.2) is 19.2 Å². The molecule has 338 valence electrons. The van der Waals surface area contributed by atoms with E-state index in [1.54, 1.807) is 78.9 Å². The minimum Gasteiger partial charge on any atom is -0.457 e. The first kappa shape index (κ1) is 47.4. The van der Waals surface area contributed by atoms with Gasteiger partial charge < -0.3 is 42.6 Å². The van der Waals surface area contributed by atoms with Crippen molar-refractivity contribution in [2.24, 2.45) is 0 Å². The van der Waals surface area contributed by atoms with E-state index in [1.165, 1.54) is 0 Å². The van der Waals surface area contributed by atoms with Crippen molar-refractivity contribution in [2.45, 2.75) is 12.8 Å². The summed E-state index contributed by atoms with van der Waals surface area (Å²) in [5.74, 6) is 1.05. The molecule has 0 aliphatic heterocycles. The molecule has 0 radical (unpaired) electrons. The third-order valence-corrected chi connectivity index (χ3v) is 9.83. The van der Waals surface area contributed by atoms with Crippen LogP contribution in [0.15, 0.2) is 171 Å². The highest BCUT2D eigenvalue weighted by molar-refractivity contribution is 5.91. The van der Waals surface area contributed by atoms with Gasteiger partial charge in [-0.1, -0.05) is 63.1 Å². The van der Waals surface area contributed by atoms with Gasteiger partial charge in [0, 0.05) is 24.1 Å². The van der Waals surface area contributed by atoms with Crippen molar-refractivity contribution in [3.63, 3.8) is 0 Å². The topological polar surface area (TPSA) is 175 Å². The third-order valence-electron chi connectivity index (χ3n) is 9.83. The predicted octanol–water partition coefficient (Wildman–Crippen LogP) is 9.88. The molecule has 0 saturated carbocycles. The van der Waals surface area contributed by atoms with Crippen LogP contribution in [-0.2, 0) is 28.6 Å². The number of hydrogen-bond donors (Lipinski definition) is 0. The first-order chi connectivity index (χ1) is 32.6. The molecule has 1 atom stereocenters. The van der Waals surface area contributed by atoms with Gasteiger partial charge in [-0.2, -0.15) is 5.26 Å². The van der Waals surface area contributed by atoms with Crippen molar-refractivity contribution in [3.05, 3.63) is 194 Å². The quantitative estimate of drug-likeness (QED) is 0.0247. The van der Waals surface area contributed by atoms with Crippen LogP contribution < -0.4 is 28.4 Å². The van der Waals surface area contributed by atoms with E-state index in [0.29, 0.717) is 45.6 Å². The van der Waals surface area contributed by atoms with Crippen molar-refractivity contribution in [1.82, 2.24) is 0 Å². The molecule has 6 aromatic rings. The molecule has 0 spiro atoms. The molecule has 0 heterocycles. The lowest BCUT2D eigenvalue weighted by Gasteiger charge is -2.12. The molecule has 0 N–H and O–H groups in total. The van der Waals surface area contributed by atoms with Gasteiger partial charge in [0.05, 0.1) is 17.2 Å². The van der Waals surface area contributed by atoms with Crippen molar-refractivity contribution in [3.8, 4) is 62.8 Å². The Morgan fingerprint density at radius 3 is 1.30 bits per heavy atom. The van der Waals surface area contributed by atoms with E-state index in [9.17, 15) is 19.2 Å².